The van der Waals surface area contributed by atoms with Crippen LogP contribution in [0.5, 0.6) is 0 Å². The smallest absolute Gasteiger partial charge is 0.181 e. The van der Waals surface area contributed by atoms with Gasteiger partial charge in [-0.25, -0.2) is 0 Å². The molecule has 0 radical (unpaired) electrons. The molecule has 0 amide bonds. The second kappa shape index (κ2) is 5.33. The molecule has 0 aliphatic carbocycles. The van der Waals surface area contributed by atoms with E-state index in [1.165, 1.54) is 36.2 Å². The molecule has 2 nitrogen and oxygen atoms in total. The number of hydrogen-bond acceptors (Lipinski definition) is 2. The van der Waals surface area contributed by atoms with E-state index in [1.54, 1.807) is 0 Å². The molecule has 1 atom stereocenters. The minimum Gasteiger partial charge on any atom is -0.420 e. The molecule has 0 spiro atoms. The Labute approximate surface area is 93.4 Å². The molecule has 1 saturated heterocycles. The van der Waals surface area contributed by atoms with E-state index >= 15 is 0 Å². The Kier molecular flexibility index (Phi) is 3.80. The minimum atomic E-state index is -0.935. The topological polar surface area (TPSA) is 21.3 Å². The van der Waals surface area contributed by atoms with Crippen LogP contribution in [0.25, 0.3) is 0 Å². The van der Waals surface area contributed by atoms with E-state index in [4.69, 9.17) is 4.43 Å². The van der Waals surface area contributed by atoms with Gasteiger partial charge in [-0.1, -0.05) is 24.6 Å². The molecule has 0 saturated carbocycles. The average Bonchev–Trinajstić information content (AvgIpc) is 2.31. The number of nitrogens with one attached hydrogen (secondary N) is 1. The van der Waals surface area contributed by atoms with E-state index < -0.39 is 9.04 Å². The molecule has 1 heterocycles. The normalized spacial score (nSPS) is 21.3. The van der Waals surface area contributed by atoms with Gasteiger partial charge in [-0.2, -0.15) is 0 Å². The van der Waals surface area contributed by atoms with Crippen molar-refractivity contribution < 1.29 is 4.43 Å². The van der Waals surface area contributed by atoms with Crippen LogP contribution in [0.2, 0.25) is 6.04 Å². The van der Waals surface area contributed by atoms with Crippen molar-refractivity contribution in [2.24, 2.45) is 0 Å². The Morgan fingerprint density at radius 1 is 1.33 bits per heavy atom. The first-order chi connectivity index (χ1) is 7.40. The minimum absolute atomic E-state index is 0.935. The third-order valence-corrected chi connectivity index (χ3v) is 5.66. The van der Waals surface area contributed by atoms with E-state index in [1.807, 2.05) is 7.05 Å². The molecule has 1 aliphatic rings. The average molecular weight is 221 g/mol. The summed E-state index contributed by atoms with van der Waals surface area (Å²) >= 11 is 0. The van der Waals surface area contributed by atoms with Gasteiger partial charge in [0, 0.05) is 19.3 Å². The molecular weight excluding hydrogens is 202 g/mol. The standard InChI is InChI=1S/C12H19NOSi/c1-13-12-7-3-2-6-11(12)10-15-9-5-4-8-14-15/h2-3,6-7,13,15H,4-5,8-10H2,1H3. The van der Waals surface area contributed by atoms with E-state index in [0.29, 0.717) is 0 Å². The van der Waals surface area contributed by atoms with Crippen LogP contribution in [0.3, 0.4) is 0 Å². The first kappa shape index (κ1) is 10.7. The molecule has 0 aromatic heterocycles. The van der Waals surface area contributed by atoms with Crippen LogP contribution in [0.4, 0.5) is 5.69 Å². The highest BCUT2D eigenvalue weighted by Crippen LogP contribution is 2.20. The SMILES string of the molecule is CNc1ccccc1C[SiH]1CCCCO1. The highest BCUT2D eigenvalue weighted by Gasteiger charge is 2.17. The van der Waals surface area contributed by atoms with Gasteiger partial charge in [0.25, 0.3) is 0 Å². The van der Waals surface area contributed by atoms with Crippen LogP contribution in [-0.2, 0) is 10.5 Å². The molecule has 3 heteroatoms. The summed E-state index contributed by atoms with van der Waals surface area (Å²) in [6.45, 7) is 0.999. The first-order valence-electron chi connectivity index (χ1n) is 5.77. The van der Waals surface area contributed by atoms with Crippen LogP contribution in [0.1, 0.15) is 18.4 Å². The molecule has 2 rings (SSSR count). The van der Waals surface area contributed by atoms with Crippen molar-refractivity contribution in [3.05, 3.63) is 29.8 Å². The van der Waals surface area contributed by atoms with Crippen molar-refractivity contribution in [1.29, 1.82) is 0 Å². The van der Waals surface area contributed by atoms with Gasteiger partial charge in [0.05, 0.1) is 0 Å². The Morgan fingerprint density at radius 2 is 2.20 bits per heavy atom. The summed E-state index contributed by atoms with van der Waals surface area (Å²) in [7, 11) is 1.05. The second-order valence-corrected chi connectivity index (χ2v) is 6.66. The molecule has 1 aliphatic heterocycles. The lowest BCUT2D eigenvalue weighted by Gasteiger charge is -2.22. The predicted octanol–water partition coefficient (Wildman–Crippen LogP) is 2.34. The molecule has 82 valence electrons. The molecular formula is C12H19NOSi. The highest BCUT2D eigenvalue weighted by atomic mass is 28.3. The van der Waals surface area contributed by atoms with Crippen molar-refractivity contribution in [2.75, 3.05) is 19.0 Å². The van der Waals surface area contributed by atoms with Crippen molar-refractivity contribution >= 4 is 14.7 Å². The van der Waals surface area contributed by atoms with Crippen LogP contribution < -0.4 is 5.32 Å². The number of hydrogen-bond donors (Lipinski definition) is 1. The summed E-state index contributed by atoms with van der Waals surface area (Å²) in [6, 6.07) is 11.1. The monoisotopic (exact) mass is 221 g/mol. The Morgan fingerprint density at radius 3 is 2.93 bits per heavy atom. The lowest BCUT2D eigenvalue weighted by molar-refractivity contribution is 0.286. The number of anilines is 1. The Hall–Kier alpha value is -0.803. The zero-order chi connectivity index (χ0) is 10.5. The molecule has 0 bridgehead atoms. The summed E-state index contributed by atoms with van der Waals surface area (Å²) in [5.74, 6) is 0. The van der Waals surface area contributed by atoms with Crippen LogP contribution in [0.15, 0.2) is 24.3 Å². The van der Waals surface area contributed by atoms with Gasteiger partial charge < -0.3 is 9.74 Å². The fourth-order valence-corrected chi connectivity index (χ4v) is 4.74. The number of rotatable bonds is 3. The number of benzene rings is 1. The summed E-state index contributed by atoms with van der Waals surface area (Å²) in [6.07, 6.45) is 2.63. The fraction of sp³-hybridized carbons (Fsp3) is 0.500. The van der Waals surface area contributed by atoms with E-state index in [-0.39, 0.29) is 0 Å². The molecule has 15 heavy (non-hydrogen) atoms. The Bertz CT molecular complexity index is 310. The molecule has 1 fully saturated rings. The summed E-state index contributed by atoms with van der Waals surface area (Å²) < 4.78 is 5.89. The Balaban J connectivity index is 2.02. The largest absolute Gasteiger partial charge is 0.420 e. The molecule has 1 aromatic rings. The van der Waals surface area contributed by atoms with Gasteiger partial charge >= 0.3 is 0 Å². The van der Waals surface area contributed by atoms with Crippen molar-refractivity contribution in [2.45, 2.75) is 24.9 Å². The van der Waals surface area contributed by atoms with Crippen molar-refractivity contribution in [3.63, 3.8) is 0 Å². The zero-order valence-electron chi connectivity index (χ0n) is 9.33. The van der Waals surface area contributed by atoms with E-state index in [0.717, 1.165) is 6.61 Å². The predicted molar refractivity (Wildman–Crippen MR) is 66.8 cm³/mol. The van der Waals surface area contributed by atoms with Crippen molar-refractivity contribution in [1.82, 2.24) is 0 Å². The maximum absolute atomic E-state index is 5.89. The maximum atomic E-state index is 5.89. The maximum Gasteiger partial charge on any atom is 0.181 e. The van der Waals surface area contributed by atoms with E-state index in [2.05, 4.69) is 29.6 Å². The van der Waals surface area contributed by atoms with Gasteiger partial charge in [0.15, 0.2) is 9.04 Å². The quantitative estimate of drug-likeness (QED) is 0.791. The lowest BCUT2D eigenvalue weighted by atomic mass is 10.2. The van der Waals surface area contributed by atoms with Gasteiger partial charge in [0.1, 0.15) is 0 Å². The van der Waals surface area contributed by atoms with E-state index in [9.17, 15) is 0 Å². The van der Waals surface area contributed by atoms with Gasteiger partial charge in [-0.05, 0) is 30.1 Å². The van der Waals surface area contributed by atoms with Gasteiger partial charge in [-0.3, -0.25) is 0 Å². The third-order valence-electron chi connectivity index (χ3n) is 3.01. The summed E-state index contributed by atoms with van der Waals surface area (Å²) in [5, 5.41) is 3.25. The van der Waals surface area contributed by atoms with Crippen LogP contribution >= 0.6 is 0 Å². The van der Waals surface area contributed by atoms with Gasteiger partial charge in [-0.15, -0.1) is 0 Å². The summed E-state index contributed by atoms with van der Waals surface area (Å²) in [4.78, 5) is 0. The zero-order valence-corrected chi connectivity index (χ0v) is 10.5. The van der Waals surface area contributed by atoms with Crippen LogP contribution in [-0.4, -0.2) is 22.7 Å². The van der Waals surface area contributed by atoms with Crippen molar-refractivity contribution in [3.8, 4) is 0 Å². The lowest BCUT2D eigenvalue weighted by Crippen LogP contribution is -2.26. The molecule has 1 N–H and O–H groups in total. The second-order valence-electron chi connectivity index (χ2n) is 4.10. The summed E-state index contributed by atoms with van der Waals surface area (Å²) in [5.41, 5.74) is 2.69. The van der Waals surface area contributed by atoms with Gasteiger partial charge in [0.2, 0.25) is 0 Å². The fourth-order valence-electron chi connectivity index (χ4n) is 2.16. The van der Waals surface area contributed by atoms with Crippen LogP contribution in [0, 0.1) is 0 Å². The first-order valence-corrected chi connectivity index (χ1v) is 7.88. The molecule has 1 aromatic carbocycles. The third kappa shape index (κ3) is 2.83. The number of para-hydroxylation sites is 1. The molecule has 1 unspecified atom stereocenters. The highest BCUT2D eigenvalue weighted by molar-refractivity contribution is 6.51.